The first kappa shape index (κ1) is 23.4. The summed E-state index contributed by atoms with van der Waals surface area (Å²) >= 11 is 12.0. The van der Waals surface area contributed by atoms with Crippen LogP contribution in [-0.4, -0.2) is 11.8 Å². The van der Waals surface area contributed by atoms with Crippen LogP contribution in [0.1, 0.15) is 26.3 Å². The summed E-state index contributed by atoms with van der Waals surface area (Å²) in [5.74, 6) is 0.415. The predicted molar refractivity (Wildman–Crippen MR) is 137 cm³/mol. The molecule has 0 unspecified atom stereocenters. The van der Waals surface area contributed by atoms with Crippen LogP contribution in [0.3, 0.4) is 0 Å². The van der Waals surface area contributed by atoms with Gasteiger partial charge in [0, 0.05) is 44.7 Å². The number of rotatable bonds is 6. The Kier molecular flexibility index (Phi) is 7.16. The van der Waals surface area contributed by atoms with Crippen molar-refractivity contribution in [1.29, 1.82) is 0 Å². The van der Waals surface area contributed by atoms with Crippen LogP contribution < -0.4 is 15.4 Å². The van der Waals surface area contributed by atoms with Crippen molar-refractivity contribution < 1.29 is 14.3 Å². The fourth-order valence-corrected chi connectivity index (χ4v) is 3.65. The Bertz CT molecular complexity index is 1290. The van der Waals surface area contributed by atoms with Crippen LogP contribution >= 0.6 is 23.2 Å². The Morgan fingerprint density at radius 2 is 1.21 bits per heavy atom. The number of halogens is 2. The van der Waals surface area contributed by atoms with Crippen molar-refractivity contribution in [2.24, 2.45) is 0 Å². The van der Waals surface area contributed by atoms with Gasteiger partial charge < -0.3 is 15.4 Å². The van der Waals surface area contributed by atoms with E-state index in [1.165, 1.54) is 0 Å². The minimum Gasteiger partial charge on any atom is -0.457 e. The molecule has 4 aromatic carbocycles. The smallest absolute Gasteiger partial charge is 0.255 e. The summed E-state index contributed by atoms with van der Waals surface area (Å²) in [7, 11) is 0. The molecule has 34 heavy (non-hydrogen) atoms. The molecular weight excluding hydrogens is 471 g/mol. The van der Waals surface area contributed by atoms with Gasteiger partial charge in [0.2, 0.25) is 0 Å². The molecule has 5 nitrogen and oxygen atoms in total. The molecule has 0 radical (unpaired) electrons. The molecule has 0 atom stereocenters. The maximum atomic E-state index is 12.8. The van der Waals surface area contributed by atoms with Crippen molar-refractivity contribution in [3.05, 3.63) is 118 Å². The number of hydrogen-bond donors (Lipinski definition) is 2. The lowest BCUT2D eigenvalue weighted by Gasteiger charge is -2.14. The number of anilines is 2. The molecule has 0 aromatic heterocycles. The lowest BCUT2D eigenvalue weighted by Crippen LogP contribution is -2.14. The number of para-hydroxylation sites is 1. The molecule has 4 aromatic rings. The van der Waals surface area contributed by atoms with Crippen molar-refractivity contribution in [3.63, 3.8) is 0 Å². The van der Waals surface area contributed by atoms with E-state index in [0.29, 0.717) is 44.0 Å². The van der Waals surface area contributed by atoms with Crippen molar-refractivity contribution in [1.82, 2.24) is 0 Å². The Morgan fingerprint density at radius 1 is 0.676 bits per heavy atom. The fraction of sp³-hybridized carbons (Fsp3) is 0.0370. The number of carbonyl (C=O) groups excluding carboxylic acids is 2. The number of carbonyl (C=O) groups is 2. The summed E-state index contributed by atoms with van der Waals surface area (Å²) in [6, 6.07) is 25.8. The average molecular weight is 491 g/mol. The molecule has 0 saturated heterocycles. The highest BCUT2D eigenvalue weighted by atomic mass is 35.5. The molecule has 0 aliphatic carbocycles. The van der Waals surface area contributed by atoms with Crippen LogP contribution in [-0.2, 0) is 0 Å². The molecule has 0 fully saturated rings. The third kappa shape index (κ3) is 5.95. The van der Waals surface area contributed by atoms with Crippen LogP contribution in [0.4, 0.5) is 11.4 Å². The van der Waals surface area contributed by atoms with Crippen molar-refractivity contribution in [3.8, 4) is 11.5 Å². The molecule has 2 amide bonds. The summed E-state index contributed by atoms with van der Waals surface area (Å²) in [5.41, 5.74) is 2.64. The molecule has 0 heterocycles. The summed E-state index contributed by atoms with van der Waals surface area (Å²) in [4.78, 5) is 25.5. The first-order chi connectivity index (χ1) is 16.4. The van der Waals surface area contributed by atoms with E-state index in [0.717, 1.165) is 5.56 Å². The largest absolute Gasteiger partial charge is 0.457 e. The zero-order chi connectivity index (χ0) is 24.1. The standard InChI is InChI=1S/C27H20Cl2N2O3/c1-17-6-2-3-11-25(17)34-24-15-22(30-26(32)18-7-4-9-20(28)12-18)14-23(16-24)31-27(33)19-8-5-10-21(29)13-19/h2-16H,1H3,(H,30,32)(H,31,33). The quantitative estimate of drug-likeness (QED) is 0.292. The Balaban J connectivity index is 1.64. The van der Waals surface area contributed by atoms with E-state index >= 15 is 0 Å². The number of aryl methyl sites for hydroxylation is 1. The van der Waals surface area contributed by atoms with Crippen molar-refractivity contribution in [2.75, 3.05) is 10.6 Å². The normalized spacial score (nSPS) is 10.4. The Morgan fingerprint density at radius 3 is 1.71 bits per heavy atom. The summed E-state index contributed by atoms with van der Waals surface area (Å²) in [6.07, 6.45) is 0. The zero-order valence-corrected chi connectivity index (χ0v) is 19.7. The lowest BCUT2D eigenvalue weighted by atomic mass is 10.2. The van der Waals surface area contributed by atoms with E-state index < -0.39 is 0 Å². The van der Waals surface area contributed by atoms with Gasteiger partial charge in [-0.05, 0) is 61.0 Å². The Labute approximate surface area is 207 Å². The van der Waals surface area contributed by atoms with Gasteiger partial charge >= 0.3 is 0 Å². The molecule has 0 spiro atoms. The van der Waals surface area contributed by atoms with E-state index in [-0.39, 0.29) is 11.8 Å². The summed E-state index contributed by atoms with van der Waals surface area (Å²) < 4.78 is 6.06. The number of hydrogen-bond acceptors (Lipinski definition) is 3. The van der Waals surface area contributed by atoms with Gasteiger partial charge in [-0.3, -0.25) is 9.59 Å². The van der Waals surface area contributed by atoms with Crippen LogP contribution in [0, 0.1) is 6.92 Å². The third-order valence-corrected chi connectivity index (χ3v) is 5.39. The van der Waals surface area contributed by atoms with Crippen molar-refractivity contribution in [2.45, 2.75) is 6.92 Å². The van der Waals surface area contributed by atoms with E-state index in [4.69, 9.17) is 27.9 Å². The van der Waals surface area contributed by atoms with Crippen molar-refractivity contribution >= 4 is 46.4 Å². The second kappa shape index (κ2) is 10.4. The Hall–Kier alpha value is -3.80. The van der Waals surface area contributed by atoms with E-state index in [1.807, 2.05) is 31.2 Å². The summed E-state index contributed by atoms with van der Waals surface area (Å²) in [5, 5.41) is 6.59. The van der Waals surface area contributed by atoms with Gasteiger partial charge in [0.05, 0.1) is 0 Å². The van der Waals surface area contributed by atoms with Gasteiger partial charge in [0.1, 0.15) is 11.5 Å². The molecule has 0 bridgehead atoms. The van der Waals surface area contributed by atoms with Gasteiger partial charge in [0.15, 0.2) is 0 Å². The van der Waals surface area contributed by atoms with Crippen LogP contribution in [0.5, 0.6) is 11.5 Å². The monoisotopic (exact) mass is 490 g/mol. The lowest BCUT2D eigenvalue weighted by molar-refractivity contribution is 0.101. The van der Waals surface area contributed by atoms with Gasteiger partial charge in [-0.1, -0.05) is 53.5 Å². The number of nitrogens with one attached hydrogen (secondary N) is 2. The topological polar surface area (TPSA) is 67.4 Å². The molecule has 0 saturated carbocycles. The zero-order valence-electron chi connectivity index (χ0n) is 18.1. The first-order valence-electron chi connectivity index (χ1n) is 10.4. The first-order valence-corrected chi connectivity index (χ1v) is 11.2. The minimum absolute atomic E-state index is 0.345. The van der Waals surface area contributed by atoms with Crippen LogP contribution in [0.25, 0.3) is 0 Å². The highest BCUT2D eigenvalue weighted by molar-refractivity contribution is 6.31. The van der Waals surface area contributed by atoms with Gasteiger partial charge in [-0.15, -0.1) is 0 Å². The molecule has 7 heteroatoms. The molecular formula is C27H20Cl2N2O3. The number of benzene rings is 4. The predicted octanol–water partition coefficient (Wildman–Crippen LogP) is 7.60. The third-order valence-electron chi connectivity index (χ3n) is 4.92. The molecule has 0 aliphatic heterocycles. The molecule has 2 N–H and O–H groups in total. The maximum absolute atomic E-state index is 12.8. The van der Waals surface area contributed by atoms with Crippen LogP contribution in [0.2, 0.25) is 10.0 Å². The second-order valence-corrected chi connectivity index (χ2v) is 8.42. The summed E-state index contributed by atoms with van der Waals surface area (Å²) in [6.45, 7) is 1.93. The van der Waals surface area contributed by atoms with Crippen LogP contribution in [0.15, 0.2) is 91.0 Å². The minimum atomic E-state index is -0.345. The van der Waals surface area contributed by atoms with E-state index in [1.54, 1.807) is 66.7 Å². The average Bonchev–Trinajstić information content (AvgIpc) is 2.80. The highest BCUT2D eigenvalue weighted by Gasteiger charge is 2.13. The molecule has 0 aliphatic rings. The highest BCUT2D eigenvalue weighted by Crippen LogP contribution is 2.31. The number of amides is 2. The van der Waals surface area contributed by atoms with Gasteiger partial charge in [-0.25, -0.2) is 0 Å². The fourth-order valence-electron chi connectivity index (χ4n) is 3.27. The van der Waals surface area contributed by atoms with E-state index in [2.05, 4.69) is 10.6 Å². The second-order valence-electron chi connectivity index (χ2n) is 7.54. The van der Waals surface area contributed by atoms with Gasteiger partial charge in [0.25, 0.3) is 11.8 Å². The number of ether oxygens (including phenoxy) is 1. The SMILES string of the molecule is Cc1ccccc1Oc1cc(NC(=O)c2cccc(Cl)c2)cc(NC(=O)c2cccc(Cl)c2)c1. The van der Waals surface area contributed by atoms with E-state index in [9.17, 15) is 9.59 Å². The molecule has 4 rings (SSSR count). The maximum Gasteiger partial charge on any atom is 0.255 e. The van der Waals surface area contributed by atoms with Gasteiger partial charge in [-0.2, -0.15) is 0 Å². The molecule has 170 valence electrons.